The number of fused-ring (bicyclic) bond motifs is 1. The number of aromatic nitrogens is 2. The zero-order valence-electron chi connectivity index (χ0n) is 10.3. The molecule has 2 aromatic carbocycles. The molecule has 0 bridgehead atoms. The van der Waals surface area contributed by atoms with Crippen molar-refractivity contribution in [3.63, 3.8) is 0 Å². The van der Waals surface area contributed by atoms with E-state index in [0.717, 1.165) is 16.8 Å². The van der Waals surface area contributed by atoms with Crippen LogP contribution in [0.3, 0.4) is 0 Å². The number of imidazole rings is 1. The summed E-state index contributed by atoms with van der Waals surface area (Å²) in [7, 11) is 1.59. The molecule has 4 nitrogen and oxygen atoms in total. The maximum atomic E-state index is 13.8. The lowest BCUT2D eigenvalue weighted by atomic mass is 10.2. The molecule has 1 heterocycles. The summed E-state index contributed by atoms with van der Waals surface area (Å²) in [4.78, 5) is 7.42. The van der Waals surface area contributed by atoms with Crippen LogP contribution in [0, 0.1) is 5.82 Å². The number of hydrogen-bond acceptors (Lipinski definition) is 3. The number of hydrogen-bond donors (Lipinski definition) is 2. The number of halogens is 1. The summed E-state index contributed by atoms with van der Waals surface area (Å²) in [5, 5.41) is 0. The molecule has 3 N–H and O–H groups in total. The molecule has 3 rings (SSSR count). The van der Waals surface area contributed by atoms with Crippen LogP contribution in [0.4, 0.5) is 10.1 Å². The molecule has 96 valence electrons. The number of nitrogens with two attached hydrogens (primary N) is 1. The van der Waals surface area contributed by atoms with E-state index in [2.05, 4.69) is 9.97 Å². The van der Waals surface area contributed by atoms with E-state index in [1.54, 1.807) is 13.2 Å². The van der Waals surface area contributed by atoms with E-state index >= 15 is 0 Å². The van der Waals surface area contributed by atoms with Crippen LogP contribution in [0.2, 0.25) is 0 Å². The van der Waals surface area contributed by atoms with Crippen molar-refractivity contribution in [3.05, 3.63) is 42.2 Å². The lowest BCUT2D eigenvalue weighted by Gasteiger charge is -2.00. The van der Waals surface area contributed by atoms with E-state index in [0.29, 0.717) is 17.1 Å². The number of nitrogens with zero attached hydrogens (tertiary/aromatic N) is 1. The largest absolute Gasteiger partial charge is 0.497 e. The van der Waals surface area contributed by atoms with Gasteiger partial charge < -0.3 is 15.5 Å². The number of ether oxygens (including phenoxy) is 1. The Morgan fingerprint density at radius 2 is 2.05 bits per heavy atom. The van der Waals surface area contributed by atoms with Crippen LogP contribution in [0.25, 0.3) is 22.4 Å². The Bertz CT molecular complexity index is 752. The molecule has 5 heteroatoms. The molecule has 0 atom stereocenters. The minimum atomic E-state index is -0.361. The highest BCUT2D eigenvalue weighted by atomic mass is 19.1. The van der Waals surface area contributed by atoms with Crippen molar-refractivity contribution in [3.8, 4) is 17.1 Å². The number of methoxy groups -OCH3 is 1. The van der Waals surface area contributed by atoms with Crippen LogP contribution in [0.1, 0.15) is 0 Å². The second kappa shape index (κ2) is 4.28. The van der Waals surface area contributed by atoms with Gasteiger partial charge in [-0.1, -0.05) is 0 Å². The van der Waals surface area contributed by atoms with E-state index < -0.39 is 0 Å². The standard InChI is InChI=1S/C14H12FN3O/c1-19-9-3-5-12-13(7-9)18-14(17-12)10-6-8(16)2-4-11(10)15/h2-7H,16H2,1H3,(H,17,18). The lowest BCUT2D eigenvalue weighted by molar-refractivity contribution is 0.415. The molecule has 0 amide bonds. The Kier molecular flexibility index (Phi) is 2.59. The molecule has 0 fully saturated rings. The van der Waals surface area contributed by atoms with Gasteiger partial charge in [0.1, 0.15) is 17.4 Å². The monoisotopic (exact) mass is 257 g/mol. The van der Waals surface area contributed by atoms with Crippen molar-refractivity contribution >= 4 is 16.7 Å². The molecule has 0 saturated carbocycles. The SMILES string of the molecule is COc1ccc2nc(-c3cc(N)ccc3F)[nH]c2c1. The van der Waals surface area contributed by atoms with Gasteiger partial charge in [0.2, 0.25) is 0 Å². The topological polar surface area (TPSA) is 63.9 Å². The van der Waals surface area contributed by atoms with Gasteiger partial charge in [0.15, 0.2) is 0 Å². The van der Waals surface area contributed by atoms with Gasteiger partial charge >= 0.3 is 0 Å². The molecule has 1 aromatic heterocycles. The fourth-order valence-electron chi connectivity index (χ4n) is 1.97. The molecule has 0 unspecified atom stereocenters. The second-order valence-corrected chi connectivity index (χ2v) is 4.21. The van der Waals surface area contributed by atoms with Crippen LogP contribution in [0.15, 0.2) is 36.4 Å². The Balaban J connectivity index is 2.17. The summed E-state index contributed by atoms with van der Waals surface area (Å²) < 4.78 is 18.9. The van der Waals surface area contributed by atoms with E-state index in [1.165, 1.54) is 12.1 Å². The van der Waals surface area contributed by atoms with Crippen LogP contribution < -0.4 is 10.5 Å². The number of H-pyrrole nitrogens is 1. The summed E-state index contributed by atoms with van der Waals surface area (Å²) >= 11 is 0. The molecule has 0 saturated heterocycles. The molecule has 19 heavy (non-hydrogen) atoms. The van der Waals surface area contributed by atoms with Crippen molar-refractivity contribution in [1.82, 2.24) is 9.97 Å². The number of anilines is 1. The van der Waals surface area contributed by atoms with E-state index in [9.17, 15) is 4.39 Å². The molecular weight excluding hydrogens is 245 g/mol. The van der Waals surface area contributed by atoms with Crippen molar-refractivity contribution < 1.29 is 9.13 Å². The molecule has 0 aliphatic carbocycles. The van der Waals surface area contributed by atoms with Gasteiger partial charge in [-0.05, 0) is 30.3 Å². The fraction of sp³-hybridized carbons (Fsp3) is 0.0714. The zero-order valence-corrected chi connectivity index (χ0v) is 10.3. The summed E-state index contributed by atoms with van der Waals surface area (Å²) in [5.41, 5.74) is 8.06. The van der Waals surface area contributed by atoms with Gasteiger partial charge in [-0.15, -0.1) is 0 Å². The van der Waals surface area contributed by atoms with Crippen LogP contribution >= 0.6 is 0 Å². The van der Waals surface area contributed by atoms with Gasteiger partial charge in [0.05, 0.1) is 23.7 Å². The Morgan fingerprint density at radius 3 is 2.84 bits per heavy atom. The van der Waals surface area contributed by atoms with E-state index in [4.69, 9.17) is 10.5 Å². The minimum Gasteiger partial charge on any atom is -0.497 e. The van der Waals surface area contributed by atoms with Crippen LogP contribution in [-0.4, -0.2) is 17.1 Å². The molecule has 0 spiro atoms. The summed E-state index contributed by atoms with van der Waals surface area (Å²) in [6.07, 6.45) is 0. The quantitative estimate of drug-likeness (QED) is 0.694. The van der Waals surface area contributed by atoms with Gasteiger partial charge in [0, 0.05) is 11.8 Å². The first-order valence-corrected chi connectivity index (χ1v) is 5.76. The number of nitrogen functional groups attached to an aromatic ring is 1. The first-order valence-electron chi connectivity index (χ1n) is 5.76. The highest BCUT2D eigenvalue weighted by Gasteiger charge is 2.11. The highest BCUT2D eigenvalue weighted by molar-refractivity contribution is 5.81. The summed E-state index contributed by atoms with van der Waals surface area (Å²) in [6, 6.07) is 9.85. The first kappa shape index (κ1) is 11.5. The first-order chi connectivity index (χ1) is 9.17. The van der Waals surface area contributed by atoms with Crippen LogP contribution in [0.5, 0.6) is 5.75 Å². The normalized spacial score (nSPS) is 10.8. The molecule has 0 aliphatic heterocycles. The number of nitrogens with one attached hydrogen (secondary N) is 1. The number of aromatic amines is 1. The van der Waals surface area contributed by atoms with Crippen molar-refractivity contribution in [2.24, 2.45) is 0 Å². The lowest BCUT2D eigenvalue weighted by Crippen LogP contribution is -1.90. The second-order valence-electron chi connectivity index (χ2n) is 4.21. The van der Waals surface area contributed by atoms with Gasteiger partial charge in [-0.3, -0.25) is 0 Å². The summed E-state index contributed by atoms with van der Waals surface area (Å²) in [6.45, 7) is 0. The maximum Gasteiger partial charge on any atom is 0.141 e. The van der Waals surface area contributed by atoms with Gasteiger partial charge in [0.25, 0.3) is 0 Å². The maximum absolute atomic E-state index is 13.8. The molecule has 3 aromatic rings. The molecule has 0 aliphatic rings. The van der Waals surface area contributed by atoms with E-state index in [1.807, 2.05) is 18.2 Å². The third kappa shape index (κ3) is 1.99. The van der Waals surface area contributed by atoms with Gasteiger partial charge in [-0.2, -0.15) is 0 Å². The number of benzene rings is 2. The highest BCUT2D eigenvalue weighted by Crippen LogP contribution is 2.26. The van der Waals surface area contributed by atoms with Gasteiger partial charge in [-0.25, -0.2) is 9.37 Å². The van der Waals surface area contributed by atoms with Crippen LogP contribution in [-0.2, 0) is 0 Å². The third-order valence-corrected chi connectivity index (χ3v) is 2.93. The summed E-state index contributed by atoms with van der Waals surface area (Å²) in [5.74, 6) is 0.809. The zero-order chi connectivity index (χ0) is 13.4. The Morgan fingerprint density at radius 1 is 1.21 bits per heavy atom. The predicted molar refractivity (Wildman–Crippen MR) is 72.5 cm³/mol. The molecule has 0 radical (unpaired) electrons. The van der Waals surface area contributed by atoms with Crippen molar-refractivity contribution in [2.75, 3.05) is 12.8 Å². The average molecular weight is 257 g/mol. The fourth-order valence-corrected chi connectivity index (χ4v) is 1.97. The third-order valence-electron chi connectivity index (χ3n) is 2.93. The Labute approximate surface area is 109 Å². The number of rotatable bonds is 2. The minimum absolute atomic E-state index is 0.357. The Hall–Kier alpha value is -2.56. The van der Waals surface area contributed by atoms with E-state index in [-0.39, 0.29) is 5.82 Å². The predicted octanol–water partition coefficient (Wildman–Crippen LogP) is 2.96. The molecular formula is C14H12FN3O. The van der Waals surface area contributed by atoms with Crippen molar-refractivity contribution in [2.45, 2.75) is 0 Å². The average Bonchev–Trinajstić information content (AvgIpc) is 2.83. The smallest absolute Gasteiger partial charge is 0.141 e. The van der Waals surface area contributed by atoms with Crippen molar-refractivity contribution in [1.29, 1.82) is 0 Å².